The first-order valence-electron chi connectivity index (χ1n) is 10.4. The Morgan fingerprint density at radius 3 is 2.46 bits per heavy atom. The average molecular weight is 362 g/mol. The van der Waals surface area contributed by atoms with Gasteiger partial charge in [-0.05, 0) is 51.1 Å². The highest BCUT2D eigenvalue weighted by Crippen LogP contribution is 2.42. The molecule has 4 nitrogen and oxygen atoms in total. The molecule has 1 N–H and O–H groups in total. The van der Waals surface area contributed by atoms with Gasteiger partial charge in [-0.3, -0.25) is 4.90 Å². The van der Waals surface area contributed by atoms with Gasteiger partial charge in [-0.15, -0.1) is 0 Å². The quantitative estimate of drug-likeness (QED) is 0.428. The minimum Gasteiger partial charge on any atom is -0.450 e. The molecule has 1 saturated carbocycles. The van der Waals surface area contributed by atoms with Crippen molar-refractivity contribution in [2.24, 2.45) is 11.8 Å². The van der Waals surface area contributed by atoms with E-state index in [4.69, 9.17) is 4.74 Å². The highest BCUT2D eigenvalue weighted by molar-refractivity contribution is 5.80. The smallest absolute Gasteiger partial charge is 0.339 e. The van der Waals surface area contributed by atoms with Crippen LogP contribution in [0.5, 0.6) is 0 Å². The summed E-state index contributed by atoms with van der Waals surface area (Å²) in [6, 6.07) is 0. The molecule has 0 heterocycles. The minimum atomic E-state index is -1.36. The SMILES string of the molecule is CCN(CC)CC#CCOC(=O)[C@@](O)(C1CC=CCC1)C1CCCCC1. The molecule has 0 aromatic heterocycles. The maximum Gasteiger partial charge on any atom is 0.339 e. The minimum absolute atomic E-state index is 0.0175. The maximum absolute atomic E-state index is 12.9. The Balaban J connectivity index is 1.99. The van der Waals surface area contributed by atoms with Crippen LogP contribution >= 0.6 is 0 Å². The fourth-order valence-corrected chi connectivity index (χ4v) is 4.29. The Morgan fingerprint density at radius 1 is 1.12 bits per heavy atom. The van der Waals surface area contributed by atoms with Crippen LogP contribution in [-0.2, 0) is 9.53 Å². The van der Waals surface area contributed by atoms with Crippen molar-refractivity contribution < 1.29 is 14.6 Å². The molecular formula is C22H35NO3. The van der Waals surface area contributed by atoms with Gasteiger partial charge >= 0.3 is 5.97 Å². The van der Waals surface area contributed by atoms with E-state index in [1.807, 2.05) is 0 Å². The van der Waals surface area contributed by atoms with Crippen LogP contribution in [0.2, 0.25) is 0 Å². The van der Waals surface area contributed by atoms with Crippen LogP contribution in [-0.4, -0.2) is 47.8 Å². The van der Waals surface area contributed by atoms with Crippen molar-refractivity contribution >= 4 is 5.97 Å². The molecule has 1 unspecified atom stereocenters. The first-order valence-corrected chi connectivity index (χ1v) is 10.4. The lowest BCUT2D eigenvalue weighted by Gasteiger charge is -2.42. The Hall–Kier alpha value is -1.31. The monoisotopic (exact) mass is 361 g/mol. The number of aliphatic hydroxyl groups is 1. The van der Waals surface area contributed by atoms with Crippen molar-refractivity contribution in [3.63, 3.8) is 0 Å². The van der Waals surface area contributed by atoms with E-state index in [1.165, 1.54) is 6.42 Å². The topological polar surface area (TPSA) is 49.8 Å². The van der Waals surface area contributed by atoms with Crippen LogP contribution in [0.3, 0.4) is 0 Å². The molecule has 1 fully saturated rings. The molecule has 0 amide bonds. The first-order chi connectivity index (χ1) is 12.6. The van der Waals surface area contributed by atoms with Gasteiger partial charge in [0.1, 0.15) is 0 Å². The van der Waals surface area contributed by atoms with Crippen molar-refractivity contribution in [1.82, 2.24) is 4.90 Å². The molecular weight excluding hydrogens is 326 g/mol. The van der Waals surface area contributed by atoms with Crippen molar-refractivity contribution in [2.75, 3.05) is 26.2 Å². The van der Waals surface area contributed by atoms with Crippen LogP contribution in [0.15, 0.2) is 12.2 Å². The third-order valence-electron chi connectivity index (χ3n) is 6.04. The number of hydrogen-bond acceptors (Lipinski definition) is 4. The number of carbonyl (C=O) groups is 1. The predicted molar refractivity (Wildman–Crippen MR) is 105 cm³/mol. The zero-order valence-electron chi connectivity index (χ0n) is 16.5. The zero-order chi connectivity index (χ0) is 18.8. The third kappa shape index (κ3) is 5.34. The van der Waals surface area contributed by atoms with E-state index in [0.29, 0.717) is 6.54 Å². The lowest BCUT2D eigenvalue weighted by Crippen LogP contribution is -2.53. The molecule has 26 heavy (non-hydrogen) atoms. The fraction of sp³-hybridized carbons (Fsp3) is 0.773. The summed E-state index contributed by atoms with van der Waals surface area (Å²) in [4.78, 5) is 15.1. The Morgan fingerprint density at radius 2 is 1.85 bits per heavy atom. The Labute approximate surface area is 159 Å². The standard InChI is InChI=1S/C22H35NO3/c1-3-23(4-2)17-11-12-18-26-21(24)22(25,19-13-7-5-8-14-19)20-15-9-6-10-16-20/h5,7,19-20,25H,3-4,6,8-10,13-18H2,1-2H3/t19?,22-/m1/s1. The van der Waals surface area contributed by atoms with E-state index in [9.17, 15) is 9.90 Å². The zero-order valence-corrected chi connectivity index (χ0v) is 16.5. The van der Waals surface area contributed by atoms with Crippen LogP contribution < -0.4 is 0 Å². The molecule has 4 heteroatoms. The van der Waals surface area contributed by atoms with Crippen molar-refractivity contribution in [3.8, 4) is 11.8 Å². The van der Waals surface area contributed by atoms with E-state index < -0.39 is 11.6 Å². The third-order valence-corrected chi connectivity index (χ3v) is 6.04. The molecule has 0 aliphatic heterocycles. The van der Waals surface area contributed by atoms with Gasteiger partial charge in [-0.1, -0.05) is 57.1 Å². The second-order valence-corrected chi connectivity index (χ2v) is 7.53. The molecule has 146 valence electrons. The molecule has 2 aliphatic carbocycles. The summed E-state index contributed by atoms with van der Waals surface area (Å²) < 4.78 is 5.46. The number of hydrogen-bond donors (Lipinski definition) is 1. The van der Waals surface area contributed by atoms with Crippen molar-refractivity contribution in [2.45, 2.75) is 70.8 Å². The predicted octanol–water partition coefficient (Wildman–Crippen LogP) is 3.54. The summed E-state index contributed by atoms with van der Waals surface area (Å²) in [7, 11) is 0. The van der Waals surface area contributed by atoms with Gasteiger partial charge in [-0.2, -0.15) is 0 Å². The Kier molecular flexibility index (Phi) is 8.68. The number of esters is 1. The summed E-state index contributed by atoms with van der Waals surface area (Å²) in [5.41, 5.74) is -1.36. The summed E-state index contributed by atoms with van der Waals surface area (Å²) in [5, 5.41) is 11.5. The number of carbonyl (C=O) groups excluding carboxylic acids is 1. The van der Waals surface area contributed by atoms with Gasteiger partial charge < -0.3 is 9.84 Å². The van der Waals surface area contributed by atoms with Gasteiger partial charge in [0.2, 0.25) is 0 Å². The van der Waals surface area contributed by atoms with Gasteiger partial charge in [0, 0.05) is 5.92 Å². The summed E-state index contributed by atoms with van der Waals surface area (Å²) in [5.74, 6) is 5.52. The molecule has 0 aromatic rings. The van der Waals surface area contributed by atoms with Crippen molar-refractivity contribution in [3.05, 3.63) is 12.2 Å². The number of nitrogens with zero attached hydrogens (tertiary/aromatic N) is 1. The first kappa shape index (κ1) is 21.0. The highest BCUT2D eigenvalue weighted by Gasteiger charge is 2.50. The van der Waals surface area contributed by atoms with Gasteiger partial charge in [-0.25, -0.2) is 4.79 Å². The van der Waals surface area contributed by atoms with Crippen molar-refractivity contribution in [1.29, 1.82) is 0 Å². The van der Waals surface area contributed by atoms with E-state index in [1.54, 1.807) is 0 Å². The van der Waals surface area contributed by atoms with E-state index in [-0.39, 0.29) is 18.4 Å². The molecule has 0 radical (unpaired) electrons. The summed E-state index contributed by atoms with van der Waals surface area (Å²) in [6.07, 6.45) is 12.0. The molecule has 0 saturated heterocycles. The average Bonchev–Trinajstić information content (AvgIpc) is 2.71. The highest BCUT2D eigenvalue weighted by atomic mass is 16.5. The molecule has 0 spiro atoms. The molecule has 2 rings (SSSR count). The van der Waals surface area contributed by atoms with Gasteiger partial charge in [0.05, 0.1) is 6.54 Å². The number of rotatable bonds is 7. The summed E-state index contributed by atoms with van der Waals surface area (Å²) >= 11 is 0. The van der Waals surface area contributed by atoms with Crippen LogP contribution in [0, 0.1) is 23.7 Å². The lowest BCUT2D eigenvalue weighted by molar-refractivity contribution is -0.181. The van der Waals surface area contributed by atoms with Crippen LogP contribution in [0.4, 0.5) is 0 Å². The normalized spacial score (nSPS) is 23.2. The van der Waals surface area contributed by atoms with Crippen LogP contribution in [0.25, 0.3) is 0 Å². The fourth-order valence-electron chi connectivity index (χ4n) is 4.29. The van der Waals surface area contributed by atoms with E-state index in [2.05, 4.69) is 42.7 Å². The van der Waals surface area contributed by atoms with Crippen LogP contribution in [0.1, 0.15) is 65.2 Å². The maximum atomic E-state index is 12.9. The molecule has 2 atom stereocenters. The summed E-state index contributed by atoms with van der Waals surface area (Å²) in [6.45, 7) is 6.88. The van der Waals surface area contributed by atoms with E-state index in [0.717, 1.165) is 58.0 Å². The lowest BCUT2D eigenvalue weighted by atomic mass is 9.67. The van der Waals surface area contributed by atoms with Gasteiger partial charge in [0.25, 0.3) is 0 Å². The largest absolute Gasteiger partial charge is 0.450 e. The van der Waals surface area contributed by atoms with E-state index >= 15 is 0 Å². The molecule has 0 aromatic carbocycles. The number of ether oxygens (including phenoxy) is 1. The second kappa shape index (κ2) is 10.7. The molecule has 2 aliphatic rings. The Bertz CT molecular complexity index is 523. The van der Waals surface area contributed by atoms with Gasteiger partial charge in [0.15, 0.2) is 12.2 Å². The molecule has 0 bridgehead atoms. The second-order valence-electron chi connectivity index (χ2n) is 7.53. The number of allylic oxidation sites excluding steroid dienone is 2.